The maximum atomic E-state index is 13.5. The van der Waals surface area contributed by atoms with Crippen molar-refractivity contribution in [3.05, 3.63) is 44.7 Å². The van der Waals surface area contributed by atoms with Crippen LogP contribution in [0.25, 0.3) is 11.7 Å². The Morgan fingerprint density at radius 2 is 1.87 bits per heavy atom. The Labute approximate surface area is 191 Å². The van der Waals surface area contributed by atoms with Gasteiger partial charge in [-0.2, -0.15) is 0 Å². The van der Waals surface area contributed by atoms with Crippen molar-refractivity contribution >= 4 is 51.7 Å². The van der Waals surface area contributed by atoms with E-state index in [2.05, 4.69) is 4.90 Å². The number of thioether (sulfide) groups is 1. The predicted molar refractivity (Wildman–Crippen MR) is 130 cm³/mol. The molecule has 1 aliphatic carbocycles. The topological polar surface area (TPSA) is 57.9 Å². The van der Waals surface area contributed by atoms with Gasteiger partial charge in [0.15, 0.2) is 0 Å². The number of carbonyl (C=O) groups is 1. The summed E-state index contributed by atoms with van der Waals surface area (Å²) in [6.07, 6.45) is 11.1. The molecule has 162 valence electrons. The highest BCUT2D eigenvalue weighted by molar-refractivity contribution is 8.26. The lowest BCUT2D eigenvalue weighted by Crippen LogP contribution is -2.39. The van der Waals surface area contributed by atoms with E-state index in [1.54, 1.807) is 21.6 Å². The largest absolute Gasteiger partial charge is 0.356 e. The van der Waals surface area contributed by atoms with E-state index in [1.807, 2.05) is 19.1 Å². The molecule has 0 N–H and O–H groups in total. The number of amides is 1. The summed E-state index contributed by atoms with van der Waals surface area (Å²) in [6, 6.07) is 4.00. The van der Waals surface area contributed by atoms with Gasteiger partial charge in [-0.15, -0.1) is 0 Å². The molecule has 0 bridgehead atoms. The molecule has 4 heterocycles. The normalized spacial score (nSPS) is 21.8. The van der Waals surface area contributed by atoms with E-state index in [0.717, 1.165) is 57.2 Å². The van der Waals surface area contributed by atoms with E-state index < -0.39 is 0 Å². The van der Waals surface area contributed by atoms with Crippen LogP contribution in [0.2, 0.25) is 0 Å². The quantitative estimate of drug-likeness (QED) is 0.513. The van der Waals surface area contributed by atoms with E-state index in [-0.39, 0.29) is 17.5 Å². The van der Waals surface area contributed by atoms with Crippen LogP contribution in [0.5, 0.6) is 0 Å². The number of carbonyl (C=O) groups excluding carboxylic acids is 1. The molecule has 2 saturated heterocycles. The first-order valence-electron chi connectivity index (χ1n) is 11.1. The maximum Gasteiger partial charge on any atom is 0.267 e. The van der Waals surface area contributed by atoms with Crippen LogP contribution in [0.15, 0.2) is 28.0 Å². The third-order valence-corrected chi connectivity index (χ3v) is 7.84. The number of pyridine rings is 1. The smallest absolute Gasteiger partial charge is 0.267 e. The Kier molecular flexibility index (Phi) is 5.60. The van der Waals surface area contributed by atoms with Crippen molar-refractivity contribution < 1.29 is 4.79 Å². The number of thiocarbonyl (C=S) groups is 1. The molecule has 31 heavy (non-hydrogen) atoms. The van der Waals surface area contributed by atoms with Gasteiger partial charge in [0.1, 0.15) is 15.8 Å². The lowest BCUT2D eigenvalue weighted by atomic mass is 9.94. The number of nitrogens with zero attached hydrogens (tertiary/aromatic N) is 4. The van der Waals surface area contributed by atoms with Crippen molar-refractivity contribution in [3.63, 3.8) is 0 Å². The van der Waals surface area contributed by atoms with Gasteiger partial charge in [0.25, 0.3) is 11.5 Å². The highest BCUT2D eigenvalue weighted by atomic mass is 32.2. The Bertz CT molecular complexity index is 1140. The van der Waals surface area contributed by atoms with Crippen LogP contribution >= 0.6 is 24.0 Å². The molecule has 0 unspecified atom stereocenters. The molecule has 1 amide bonds. The molecule has 2 aliphatic heterocycles. The molecule has 2 aromatic rings. The number of hydrogen-bond acceptors (Lipinski definition) is 6. The van der Waals surface area contributed by atoms with E-state index >= 15 is 0 Å². The Morgan fingerprint density at radius 3 is 2.61 bits per heavy atom. The molecule has 0 radical (unpaired) electrons. The molecule has 3 aliphatic rings. The Balaban J connectivity index is 1.61. The summed E-state index contributed by atoms with van der Waals surface area (Å²) in [5.41, 5.74) is 1.96. The fraction of sp³-hybridized carbons (Fsp3) is 0.478. The fourth-order valence-electron chi connectivity index (χ4n) is 4.86. The molecule has 8 heteroatoms. The second-order valence-electron chi connectivity index (χ2n) is 8.58. The van der Waals surface area contributed by atoms with Crippen LogP contribution in [0.4, 0.5) is 5.82 Å². The SMILES string of the molecule is Cc1cccn2c(=O)c(C=C3SC(=S)N(C4CCCCC4)C3=O)c(N3CCCC3)nc12. The summed E-state index contributed by atoms with van der Waals surface area (Å²) in [7, 11) is 0. The van der Waals surface area contributed by atoms with Gasteiger partial charge in [-0.05, 0) is 50.3 Å². The van der Waals surface area contributed by atoms with Gasteiger partial charge in [-0.25, -0.2) is 4.98 Å². The van der Waals surface area contributed by atoms with Crippen molar-refractivity contribution in [1.82, 2.24) is 14.3 Å². The van der Waals surface area contributed by atoms with Crippen molar-refractivity contribution in [2.24, 2.45) is 0 Å². The summed E-state index contributed by atoms with van der Waals surface area (Å²) < 4.78 is 2.19. The first-order chi connectivity index (χ1) is 15.0. The van der Waals surface area contributed by atoms with Gasteiger partial charge in [0.2, 0.25) is 0 Å². The predicted octanol–water partition coefficient (Wildman–Crippen LogP) is 4.14. The highest BCUT2D eigenvalue weighted by Crippen LogP contribution is 2.38. The third-order valence-electron chi connectivity index (χ3n) is 6.51. The number of anilines is 1. The molecule has 0 aromatic carbocycles. The Morgan fingerprint density at radius 1 is 1.13 bits per heavy atom. The zero-order chi connectivity index (χ0) is 21.5. The summed E-state index contributed by atoms with van der Waals surface area (Å²) in [5.74, 6) is 0.614. The fourth-order valence-corrected chi connectivity index (χ4v) is 6.24. The van der Waals surface area contributed by atoms with Crippen LogP contribution in [0.1, 0.15) is 56.1 Å². The van der Waals surface area contributed by atoms with Gasteiger partial charge < -0.3 is 4.90 Å². The van der Waals surface area contributed by atoms with Gasteiger partial charge >= 0.3 is 0 Å². The number of hydrogen-bond donors (Lipinski definition) is 0. The summed E-state index contributed by atoms with van der Waals surface area (Å²) in [4.78, 5) is 36.2. The second kappa shape index (κ2) is 8.39. The summed E-state index contributed by atoms with van der Waals surface area (Å²) in [5, 5.41) is 0. The van der Waals surface area contributed by atoms with Gasteiger partial charge in [-0.3, -0.25) is 18.9 Å². The number of rotatable bonds is 3. The lowest BCUT2D eigenvalue weighted by Gasteiger charge is -2.29. The van der Waals surface area contributed by atoms with Crippen molar-refractivity contribution in [2.75, 3.05) is 18.0 Å². The number of aryl methyl sites for hydroxylation is 1. The molecule has 2 aromatic heterocycles. The number of fused-ring (bicyclic) bond motifs is 1. The van der Waals surface area contributed by atoms with Crippen LogP contribution in [0, 0.1) is 6.92 Å². The minimum atomic E-state index is -0.140. The van der Waals surface area contributed by atoms with Crippen LogP contribution in [-0.2, 0) is 4.79 Å². The molecule has 1 saturated carbocycles. The van der Waals surface area contributed by atoms with Crippen LogP contribution in [0.3, 0.4) is 0 Å². The van der Waals surface area contributed by atoms with Crippen LogP contribution < -0.4 is 10.5 Å². The molecule has 6 nitrogen and oxygen atoms in total. The first-order valence-corrected chi connectivity index (χ1v) is 12.3. The maximum absolute atomic E-state index is 13.5. The average molecular weight is 455 g/mol. The summed E-state index contributed by atoms with van der Waals surface area (Å²) in [6.45, 7) is 3.71. The van der Waals surface area contributed by atoms with Gasteiger partial charge in [0.05, 0.1) is 10.5 Å². The molecular formula is C23H26N4O2S2. The molecular weight excluding hydrogens is 428 g/mol. The monoisotopic (exact) mass is 454 g/mol. The van der Waals surface area contributed by atoms with Crippen molar-refractivity contribution in [1.29, 1.82) is 0 Å². The standard InChI is InChI=1S/C23H26N4O2S2/c1-15-8-7-13-26-19(15)24-20(25-11-5-6-12-25)17(21(26)28)14-18-22(29)27(23(30)31-18)16-9-3-2-4-10-16/h7-8,13-14,16H,2-6,9-12H2,1H3. The van der Waals surface area contributed by atoms with Crippen molar-refractivity contribution in [2.45, 2.75) is 57.9 Å². The van der Waals surface area contributed by atoms with E-state index in [4.69, 9.17) is 17.2 Å². The van der Waals surface area contributed by atoms with E-state index in [1.165, 1.54) is 18.2 Å². The van der Waals surface area contributed by atoms with Gasteiger partial charge in [0, 0.05) is 25.3 Å². The molecule has 5 rings (SSSR count). The van der Waals surface area contributed by atoms with Gasteiger partial charge in [-0.1, -0.05) is 49.3 Å². The summed E-state index contributed by atoms with van der Waals surface area (Å²) >= 11 is 6.89. The second-order valence-corrected chi connectivity index (χ2v) is 10.3. The van der Waals surface area contributed by atoms with E-state index in [9.17, 15) is 9.59 Å². The third kappa shape index (κ3) is 3.69. The zero-order valence-electron chi connectivity index (χ0n) is 17.7. The molecule has 3 fully saturated rings. The first kappa shape index (κ1) is 20.7. The minimum Gasteiger partial charge on any atom is -0.356 e. The lowest BCUT2D eigenvalue weighted by molar-refractivity contribution is -0.124. The molecule has 0 atom stereocenters. The number of aromatic nitrogens is 2. The minimum absolute atomic E-state index is 0.0667. The highest BCUT2D eigenvalue weighted by Gasteiger charge is 2.38. The van der Waals surface area contributed by atoms with Crippen LogP contribution in [-0.4, -0.2) is 43.6 Å². The molecule has 0 spiro atoms. The average Bonchev–Trinajstić information content (AvgIpc) is 3.39. The Hall–Kier alpha value is -2.19. The van der Waals surface area contributed by atoms with Crippen molar-refractivity contribution in [3.8, 4) is 0 Å². The zero-order valence-corrected chi connectivity index (χ0v) is 19.3. The van der Waals surface area contributed by atoms with E-state index in [0.29, 0.717) is 26.3 Å².